The van der Waals surface area contributed by atoms with E-state index in [1.807, 2.05) is 41.2 Å². The van der Waals surface area contributed by atoms with E-state index in [4.69, 9.17) is 9.47 Å². The van der Waals surface area contributed by atoms with E-state index in [-0.39, 0.29) is 6.29 Å². The van der Waals surface area contributed by atoms with Crippen molar-refractivity contribution in [2.24, 2.45) is 0 Å². The predicted molar refractivity (Wildman–Crippen MR) is 58.2 cm³/mol. The van der Waals surface area contributed by atoms with E-state index in [2.05, 4.69) is 5.10 Å². The number of hydrogen-bond donors (Lipinski definition) is 0. The van der Waals surface area contributed by atoms with Gasteiger partial charge in [-0.3, -0.25) is 0 Å². The third-order valence-electron chi connectivity index (χ3n) is 2.52. The van der Waals surface area contributed by atoms with Crippen LogP contribution in [0.5, 0.6) is 0 Å². The van der Waals surface area contributed by atoms with Gasteiger partial charge in [0.15, 0.2) is 6.29 Å². The van der Waals surface area contributed by atoms with Gasteiger partial charge >= 0.3 is 0 Å². The van der Waals surface area contributed by atoms with Crippen molar-refractivity contribution >= 4 is 0 Å². The van der Waals surface area contributed by atoms with Crippen LogP contribution in [0.3, 0.4) is 0 Å². The second kappa shape index (κ2) is 4.08. The topological polar surface area (TPSA) is 36.3 Å². The zero-order chi connectivity index (χ0) is 10.8. The quantitative estimate of drug-likeness (QED) is 0.769. The van der Waals surface area contributed by atoms with Gasteiger partial charge in [0.05, 0.1) is 25.1 Å². The Morgan fingerprint density at radius 1 is 1.12 bits per heavy atom. The fraction of sp³-hybridized carbons (Fsp3) is 0.250. The zero-order valence-electron chi connectivity index (χ0n) is 8.74. The summed E-state index contributed by atoms with van der Waals surface area (Å²) in [6, 6.07) is 9.97. The lowest BCUT2D eigenvalue weighted by Gasteiger charge is -2.04. The first kappa shape index (κ1) is 9.57. The highest BCUT2D eigenvalue weighted by Gasteiger charge is 2.19. The van der Waals surface area contributed by atoms with Crippen molar-refractivity contribution in [2.45, 2.75) is 6.29 Å². The normalized spacial score (nSPS) is 16.8. The molecule has 0 saturated carbocycles. The molecule has 0 atom stereocenters. The first-order valence-corrected chi connectivity index (χ1v) is 5.27. The first-order chi connectivity index (χ1) is 7.93. The number of hydrogen-bond acceptors (Lipinski definition) is 3. The highest BCUT2D eigenvalue weighted by Crippen LogP contribution is 2.23. The molecule has 0 bridgehead atoms. The number of aromatic nitrogens is 2. The Bertz CT molecular complexity index is 461. The average Bonchev–Trinajstić information content (AvgIpc) is 3.01. The van der Waals surface area contributed by atoms with E-state index in [0.717, 1.165) is 11.3 Å². The number of ether oxygens (including phenoxy) is 2. The van der Waals surface area contributed by atoms with Gasteiger partial charge in [-0.25, -0.2) is 4.68 Å². The van der Waals surface area contributed by atoms with E-state index < -0.39 is 0 Å². The fourth-order valence-electron chi connectivity index (χ4n) is 1.73. The lowest BCUT2D eigenvalue weighted by Crippen LogP contribution is -1.96. The van der Waals surface area contributed by atoms with E-state index >= 15 is 0 Å². The fourth-order valence-corrected chi connectivity index (χ4v) is 1.73. The van der Waals surface area contributed by atoms with Gasteiger partial charge in [0, 0.05) is 11.8 Å². The van der Waals surface area contributed by atoms with Crippen LogP contribution in [0.4, 0.5) is 0 Å². The van der Waals surface area contributed by atoms with Crippen molar-refractivity contribution in [3.05, 3.63) is 48.3 Å². The Hall–Kier alpha value is -1.65. The Labute approximate surface area is 93.4 Å². The van der Waals surface area contributed by atoms with Crippen LogP contribution in [-0.2, 0) is 9.47 Å². The number of benzene rings is 1. The smallest absolute Gasteiger partial charge is 0.187 e. The Morgan fingerprint density at radius 3 is 2.62 bits per heavy atom. The van der Waals surface area contributed by atoms with Gasteiger partial charge in [-0.2, -0.15) is 5.10 Å². The zero-order valence-corrected chi connectivity index (χ0v) is 8.74. The van der Waals surface area contributed by atoms with Gasteiger partial charge < -0.3 is 9.47 Å². The molecule has 0 N–H and O–H groups in total. The van der Waals surface area contributed by atoms with Crippen molar-refractivity contribution in [2.75, 3.05) is 13.2 Å². The molecule has 1 aromatic carbocycles. The molecule has 0 amide bonds. The van der Waals surface area contributed by atoms with Gasteiger partial charge in [0.25, 0.3) is 0 Å². The summed E-state index contributed by atoms with van der Waals surface area (Å²) in [6.45, 7) is 1.31. The van der Waals surface area contributed by atoms with Gasteiger partial charge in [-0.1, -0.05) is 18.2 Å². The summed E-state index contributed by atoms with van der Waals surface area (Å²) in [4.78, 5) is 0. The maximum atomic E-state index is 5.41. The van der Waals surface area contributed by atoms with Crippen LogP contribution in [0.1, 0.15) is 11.9 Å². The molecule has 2 heterocycles. The second-order valence-corrected chi connectivity index (χ2v) is 3.63. The van der Waals surface area contributed by atoms with Crippen molar-refractivity contribution in [3.63, 3.8) is 0 Å². The van der Waals surface area contributed by atoms with Crippen LogP contribution in [-0.4, -0.2) is 23.0 Å². The minimum Gasteiger partial charge on any atom is -0.346 e. The van der Waals surface area contributed by atoms with E-state index in [1.54, 1.807) is 6.20 Å². The minimum atomic E-state index is -0.252. The third-order valence-corrected chi connectivity index (χ3v) is 2.52. The maximum absolute atomic E-state index is 5.41. The van der Waals surface area contributed by atoms with E-state index in [9.17, 15) is 0 Å². The van der Waals surface area contributed by atoms with Gasteiger partial charge in [0.1, 0.15) is 0 Å². The molecule has 2 aromatic rings. The van der Waals surface area contributed by atoms with Crippen LogP contribution in [0, 0.1) is 0 Å². The molecule has 1 saturated heterocycles. The highest BCUT2D eigenvalue weighted by atomic mass is 16.7. The first-order valence-electron chi connectivity index (χ1n) is 5.27. The van der Waals surface area contributed by atoms with Crippen LogP contribution in [0.2, 0.25) is 0 Å². The third kappa shape index (κ3) is 1.73. The SMILES string of the molecule is c1ccc(-n2cc(C3OCCO3)cn2)cc1. The average molecular weight is 216 g/mol. The molecule has 82 valence electrons. The summed E-state index contributed by atoms with van der Waals surface area (Å²) in [7, 11) is 0. The summed E-state index contributed by atoms with van der Waals surface area (Å²) in [5.41, 5.74) is 1.99. The maximum Gasteiger partial charge on any atom is 0.187 e. The predicted octanol–water partition coefficient (Wildman–Crippen LogP) is 1.92. The molecule has 1 aromatic heterocycles. The molecule has 4 nitrogen and oxygen atoms in total. The number of rotatable bonds is 2. The summed E-state index contributed by atoms with van der Waals surface area (Å²) >= 11 is 0. The molecule has 3 rings (SSSR count). The van der Waals surface area contributed by atoms with Crippen LogP contribution in [0.25, 0.3) is 5.69 Å². The number of nitrogens with zero attached hydrogens (tertiary/aromatic N) is 2. The Kier molecular flexibility index (Phi) is 2.44. The lowest BCUT2D eigenvalue weighted by atomic mass is 10.3. The molecule has 0 radical (unpaired) electrons. The highest BCUT2D eigenvalue weighted by molar-refractivity contribution is 5.31. The van der Waals surface area contributed by atoms with Crippen LogP contribution in [0.15, 0.2) is 42.7 Å². The summed E-state index contributed by atoms with van der Waals surface area (Å²) < 4.78 is 12.6. The molecule has 0 unspecified atom stereocenters. The van der Waals surface area contributed by atoms with Crippen molar-refractivity contribution in [1.29, 1.82) is 0 Å². The molecule has 16 heavy (non-hydrogen) atoms. The summed E-state index contributed by atoms with van der Waals surface area (Å²) in [6.07, 6.45) is 3.46. The molecular weight excluding hydrogens is 204 g/mol. The molecular formula is C12H12N2O2. The van der Waals surface area contributed by atoms with Gasteiger partial charge in [0.2, 0.25) is 0 Å². The summed E-state index contributed by atoms with van der Waals surface area (Å²) in [5, 5.41) is 4.29. The molecule has 0 spiro atoms. The molecule has 1 aliphatic rings. The molecule has 1 fully saturated rings. The van der Waals surface area contributed by atoms with Crippen LogP contribution >= 0.6 is 0 Å². The molecule has 0 aliphatic carbocycles. The monoisotopic (exact) mass is 216 g/mol. The Balaban J connectivity index is 1.87. The summed E-state index contributed by atoms with van der Waals surface area (Å²) in [5.74, 6) is 0. The standard InChI is InChI=1S/C12H12N2O2/c1-2-4-11(5-3-1)14-9-10(8-13-14)12-15-6-7-16-12/h1-5,8-9,12H,6-7H2. The van der Waals surface area contributed by atoms with Crippen molar-refractivity contribution < 1.29 is 9.47 Å². The van der Waals surface area contributed by atoms with Gasteiger partial charge in [-0.05, 0) is 12.1 Å². The van der Waals surface area contributed by atoms with Crippen molar-refractivity contribution in [1.82, 2.24) is 9.78 Å². The van der Waals surface area contributed by atoms with E-state index in [1.165, 1.54) is 0 Å². The van der Waals surface area contributed by atoms with Gasteiger partial charge in [-0.15, -0.1) is 0 Å². The second-order valence-electron chi connectivity index (χ2n) is 3.63. The largest absolute Gasteiger partial charge is 0.346 e. The van der Waals surface area contributed by atoms with Crippen molar-refractivity contribution in [3.8, 4) is 5.69 Å². The van der Waals surface area contributed by atoms with E-state index in [0.29, 0.717) is 13.2 Å². The molecule has 4 heteroatoms. The lowest BCUT2D eigenvalue weighted by molar-refractivity contribution is -0.0441. The Morgan fingerprint density at radius 2 is 1.88 bits per heavy atom. The number of para-hydroxylation sites is 1. The molecule has 1 aliphatic heterocycles. The minimum absolute atomic E-state index is 0.252. The van der Waals surface area contributed by atoms with Crippen LogP contribution < -0.4 is 0 Å².